The zero-order valence-electron chi connectivity index (χ0n) is 10.7. The van der Waals surface area contributed by atoms with E-state index < -0.39 is 0 Å². The predicted molar refractivity (Wildman–Crippen MR) is 77.0 cm³/mol. The molecule has 0 amide bonds. The number of hydrogen-bond donors (Lipinski definition) is 0. The molecule has 0 aliphatic rings. The van der Waals surface area contributed by atoms with E-state index in [2.05, 4.69) is 4.98 Å². The van der Waals surface area contributed by atoms with E-state index in [4.69, 9.17) is 21.7 Å². The lowest BCUT2D eigenvalue weighted by molar-refractivity contribution is 0.485. The zero-order chi connectivity index (χ0) is 13.8. The van der Waals surface area contributed by atoms with Crippen LogP contribution in [0.2, 0.25) is 5.02 Å². The van der Waals surface area contributed by atoms with Crippen molar-refractivity contribution in [1.82, 2.24) is 0 Å². The molecular formula is C14H13ClN3O+. The van der Waals surface area contributed by atoms with Gasteiger partial charge in [-0.3, -0.25) is 0 Å². The highest BCUT2D eigenvalue weighted by Crippen LogP contribution is 2.35. The van der Waals surface area contributed by atoms with Gasteiger partial charge in [0.15, 0.2) is 4.98 Å². The molecule has 19 heavy (non-hydrogen) atoms. The molecule has 0 saturated carbocycles. The molecule has 5 heteroatoms. The lowest BCUT2D eigenvalue weighted by atomic mass is 10.2. The summed E-state index contributed by atoms with van der Waals surface area (Å²) >= 11 is 5.82. The van der Waals surface area contributed by atoms with Gasteiger partial charge in [-0.25, -0.2) is 0 Å². The highest BCUT2D eigenvalue weighted by Gasteiger charge is 2.17. The van der Waals surface area contributed by atoms with Gasteiger partial charge in [0.2, 0.25) is 11.1 Å². The maximum atomic E-state index is 8.98. The molecule has 2 aromatic rings. The van der Waals surface area contributed by atoms with Crippen LogP contribution >= 0.6 is 11.6 Å². The summed E-state index contributed by atoms with van der Waals surface area (Å²) in [5.74, 6) is 1.11. The molecule has 0 aliphatic heterocycles. The van der Waals surface area contributed by atoms with E-state index in [0.717, 1.165) is 5.69 Å². The average Bonchev–Trinajstić information content (AvgIpc) is 2.41. The van der Waals surface area contributed by atoms with Gasteiger partial charge >= 0.3 is 5.69 Å². The van der Waals surface area contributed by atoms with Crippen LogP contribution in [-0.4, -0.2) is 14.1 Å². The Hall–Kier alpha value is -2.25. The van der Waals surface area contributed by atoms with Gasteiger partial charge in [-0.2, -0.15) is 0 Å². The Morgan fingerprint density at radius 1 is 1.11 bits per heavy atom. The second-order valence-electron chi connectivity index (χ2n) is 4.20. The first-order valence-electron chi connectivity index (χ1n) is 5.70. The van der Waals surface area contributed by atoms with Crippen LogP contribution in [0.1, 0.15) is 0 Å². The molecule has 0 unspecified atom stereocenters. The molecule has 0 fully saturated rings. The van der Waals surface area contributed by atoms with Gasteiger partial charge in [-0.05, 0) is 30.3 Å². The number of ether oxygens (including phenoxy) is 1. The third-order valence-electron chi connectivity index (χ3n) is 2.61. The molecule has 0 N–H and O–H groups in total. The molecule has 0 aromatic heterocycles. The Kier molecular flexibility index (Phi) is 3.88. The molecule has 96 valence electrons. The van der Waals surface area contributed by atoms with Crippen LogP contribution in [0.25, 0.3) is 4.98 Å². The Labute approximate surface area is 116 Å². The van der Waals surface area contributed by atoms with Crippen molar-refractivity contribution in [2.45, 2.75) is 0 Å². The number of hydrogen-bond acceptors (Lipinski definition) is 3. The van der Waals surface area contributed by atoms with Crippen LogP contribution in [0.5, 0.6) is 11.5 Å². The third-order valence-corrected chi connectivity index (χ3v) is 2.86. The molecule has 0 atom stereocenters. The van der Waals surface area contributed by atoms with E-state index in [9.17, 15) is 0 Å². The molecule has 0 radical (unpaired) electrons. The summed E-state index contributed by atoms with van der Waals surface area (Å²) in [4.78, 5) is 5.16. The van der Waals surface area contributed by atoms with E-state index in [1.807, 2.05) is 31.1 Å². The predicted octanol–water partition coefficient (Wildman–Crippen LogP) is 4.68. The monoisotopic (exact) mass is 274 g/mol. The molecule has 2 rings (SSSR count). The number of diazo groups is 1. The third kappa shape index (κ3) is 3.15. The molecule has 0 heterocycles. The van der Waals surface area contributed by atoms with E-state index >= 15 is 0 Å². The van der Waals surface area contributed by atoms with E-state index in [0.29, 0.717) is 22.2 Å². The van der Waals surface area contributed by atoms with Gasteiger partial charge in [0, 0.05) is 36.9 Å². The molecule has 0 bridgehead atoms. The van der Waals surface area contributed by atoms with E-state index in [1.165, 1.54) is 0 Å². The minimum Gasteiger partial charge on any atom is -0.449 e. The van der Waals surface area contributed by atoms with Crippen LogP contribution in [0, 0.1) is 5.39 Å². The summed E-state index contributed by atoms with van der Waals surface area (Å²) in [6.07, 6.45) is 0. The van der Waals surface area contributed by atoms with E-state index in [1.54, 1.807) is 30.3 Å². The first kappa shape index (κ1) is 13.2. The van der Waals surface area contributed by atoms with Gasteiger partial charge in [-0.15, -0.1) is 0 Å². The summed E-state index contributed by atoms with van der Waals surface area (Å²) < 4.78 is 5.71. The van der Waals surface area contributed by atoms with Crippen molar-refractivity contribution in [3.05, 3.63) is 52.5 Å². The first-order valence-corrected chi connectivity index (χ1v) is 6.08. The van der Waals surface area contributed by atoms with Gasteiger partial charge < -0.3 is 9.64 Å². The minimum absolute atomic E-state index is 0.376. The van der Waals surface area contributed by atoms with Crippen molar-refractivity contribution in [2.75, 3.05) is 19.0 Å². The van der Waals surface area contributed by atoms with Crippen molar-refractivity contribution in [1.29, 1.82) is 5.39 Å². The molecule has 2 aromatic carbocycles. The SMILES string of the molecule is CN(C)c1ccc([N+]#N)c(Oc2ccc(Cl)cc2)c1. The maximum absolute atomic E-state index is 8.98. The molecular weight excluding hydrogens is 262 g/mol. The second kappa shape index (κ2) is 5.59. The van der Waals surface area contributed by atoms with Crippen LogP contribution in [0.4, 0.5) is 11.4 Å². The van der Waals surface area contributed by atoms with Crippen LogP contribution in [0.15, 0.2) is 42.5 Å². The Balaban J connectivity index is 2.35. The normalized spacial score (nSPS) is 9.79. The zero-order valence-corrected chi connectivity index (χ0v) is 11.4. The Morgan fingerprint density at radius 3 is 2.37 bits per heavy atom. The number of benzene rings is 2. The molecule has 4 nitrogen and oxygen atoms in total. The van der Waals surface area contributed by atoms with Gasteiger partial charge in [-0.1, -0.05) is 11.6 Å². The quantitative estimate of drug-likeness (QED) is 0.763. The highest BCUT2D eigenvalue weighted by atomic mass is 35.5. The topological polar surface area (TPSA) is 40.6 Å². The maximum Gasteiger partial charge on any atom is 0.427 e. The fraction of sp³-hybridized carbons (Fsp3) is 0.143. The van der Waals surface area contributed by atoms with Crippen LogP contribution < -0.4 is 9.64 Å². The van der Waals surface area contributed by atoms with Crippen molar-refractivity contribution in [3.8, 4) is 11.5 Å². The van der Waals surface area contributed by atoms with Crippen molar-refractivity contribution in [2.24, 2.45) is 0 Å². The lowest BCUT2D eigenvalue weighted by Gasteiger charge is -2.12. The second-order valence-corrected chi connectivity index (χ2v) is 4.64. The fourth-order valence-corrected chi connectivity index (χ4v) is 1.70. The summed E-state index contributed by atoms with van der Waals surface area (Å²) in [6.45, 7) is 0. The Bertz CT molecular complexity index is 618. The smallest absolute Gasteiger partial charge is 0.427 e. The van der Waals surface area contributed by atoms with Gasteiger partial charge in [0.05, 0.1) is 0 Å². The molecule has 0 aliphatic carbocycles. The van der Waals surface area contributed by atoms with Gasteiger partial charge in [0.1, 0.15) is 5.75 Å². The number of rotatable bonds is 3. The number of anilines is 1. The lowest BCUT2D eigenvalue weighted by Crippen LogP contribution is -2.08. The number of nitrogens with zero attached hydrogens (tertiary/aromatic N) is 3. The number of halogens is 1. The molecule has 0 spiro atoms. The first-order chi connectivity index (χ1) is 9.10. The molecule has 0 saturated heterocycles. The fourth-order valence-electron chi connectivity index (χ4n) is 1.57. The van der Waals surface area contributed by atoms with Crippen molar-refractivity contribution >= 4 is 23.0 Å². The van der Waals surface area contributed by atoms with Crippen LogP contribution in [0.3, 0.4) is 0 Å². The largest absolute Gasteiger partial charge is 0.449 e. The standard InChI is InChI=1S/C14H13ClN3O/c1-18(2)11-5-8-13(17-16)14(9-11)19-12-6-3-10(15)4-7-12/h3-9H,1-2H3/q+1. The average molecular weight is 275 g/mol. The highest BCUT2D eigenvalue weighted by molar-refractivity contribution is 6.30. The van der Waals surface area contributed by atoms with Crippen molar-refractivity contribution < 1.29 is 4.74 Å². The summed E-state index contributed by atoms with van der Waals surface area (Å²) in [7, 11) is 3.86. The summed E-state index contributed by atoms with van der Waals surface area (Å²) in [5.41, 5.74) is 1.33. The van der Waals surface area contributed by atoms with E-state index in [-0.39, 0.29) is 0 Å². The Morgan fingerprint density at radius 2 is 1.79 bits per heavy atom. The summed E-state index contributed by atoms with van der Waals surface area (Å²) in [6, 6.07) is 12.3. The van der Waals surface area contributed by atoms with Gasteiger partial charge in [0.25, 0.3) is 0 Å². The van der Waals surface area contributed by atoms with Crippen LogP contribution in [-0.2, 0) is 0 Å². The van der Waals surface area contributed by atoms with Crippen molar-refractivity contribution in [3.63, 3.8) is 0 Å². The minimum atomic E-state index is 0.376. The summed E-state index contributed by atoms with van der Waals surface area (Å²) in [5, 5.41) is 9.62.